The fourth-order valence-electron chi connectivity index (χ4n) is 4.59. The maximum absolute atomic E-state index is 11.6. The first-order valence-corrected chi connectivity index (χ1v) is 15.8. The minimum Gasteiger partial charge on any atom is -0.873 e. The van der Waals surface area contributed by atoms with Crippen LogP contribution in [0.15, 0.2) is 82.8 Å². The minimum atomic E-state index is -0.300. The number of nitrogens with zero attached hydrogens (tertiary/aromatic N) is 2. The van der Waals surface area contributed by atoms with Crippen LogP contribution in [0.5, 0.6) is 11.5 Å². The predicted octanol–water partition coefficient (Wildman–Crippen LogP) is 9.82. The van der Waals surface area contributed by atoms with E-state index < -0.39 is 0 Å². The van der Waals surface area contributed by atoms with Crippen LogP contribution in [-0.4, -0.2) is 11.4 Å². The third kappa shape index (κ3) is 13.8. The molecule has 0 bridgehead atoms. The van der Waals surface area contributed by atoms with E-state index in [-0.39, 0.29) is 28.0 Å². The Morgan fingerprint density at radius 1 is 0.524 bits per heavy atom. The van der Waals surface area contributed by atoms with Crippen molar-refractivity contribution in [3.8, 4) is 11.5 Å². The molecule has 42 heavy (non-hydrogen) atoms. The van der Waals surface area contributed by atoms with Crippen LogP contribution in [0.4, 0.5) is 11.4 Å². The SMILES string of the molecule is CCCCCCC(=Nc1ccccc1)C(CCCC)=Nc1ccccc1.CCCCCc1ccc(CC)c([O-])c1[O-].[Ni+2]. The van der Waals surface area contributed by atoms with E-state index in [1.165, 1.54) is 32.1 Å². The molecule has 0 radical (unpaired) electrons. The van der Waals surface area contributed by atoms with Gasteiger partial charge in [0, 0.05) is 0 Å². The molecule has 3 aromatic carbocycles. The molecule has 0 saturated carbocycles. The van der Waals surface area contributed by atoms with Crippen molar-refractivity contribution in [1.82, 2.24) is 0 Å². The summed E-state index contributed by atoms with van der Waals surface area (Å²) in [6.45, 7) is 8.50. The number of aliphatic imine (C=N–C) groups is 2. The van der Waals surface area contributed by atoms with Gasteiger partial charge in [0.15, 0.2) is 0 Å². The summed E-state index contributed by atoms with van der Waals surface area (Å²) in [4.78, 5) is 9.97. The Bertz CT molecular complexity index is 1180. The van der Waals surface area contributed by atoms with Crippen LogP contribution >= 0.6 is 0 Å². The van der Waals surface area contributed by atoms with Crippen molar-refractivity contribution in [3.05, 3.63) is 83.9 Å². The van der Waals surface area contributed by atoms with Crippen LogP contribution in [0.25, 0.3) is 0 Å². The summed E-state index contributed by atoms with van der Waals surface area (Å²) in [6, 6.07) is 24.2. The quantitative estimate of drug-likeness (QED) is 0.0917. The predicted molar refractivity (Wildman–Crippen MR) is 173 cm³/mol. The molecule has 0 unspecified atom stereocenters. The summed E-state index contributed by atoms with van der Waals surface area (Å²) >= 11 is 0. The molecular weight excluding hydrogens is 563 g/mol. The summed E-state index contributed by atoms with van der Waals surface area (Å²) < 4.78 is 0. The van der Waals surface area contributed by atoms with Crippen molar-refractivity contribution in [3.63, 3.8) is 0 Å². The van der Waals surface area contributed by atoms with Crippen LogP contribution < -0.4 is 10.2 Å². The molecule has 230 valence electrons. The second-order valence-corrected chi connectivity index (χ2v) is 10.6. The molecule has 0 fully saturated rings. The Hall–Kier alpha value is -2.91. The van der Waals surface area contributed by atoms with E-state index in [0.717, 1.165) is 67.7 Å². The maximum Gasteiger partial charge on any atom is 2.00 e. The van der Waals surface area contributed by atoms with Gasteiger partial charge >= 0.3 is 16.5 Å². The second kappa shape index (κ2) is 22.7. The van der Waals surface area contributed by atoms with E-state index >= 15 is 0 Å². The Morgan fingerprint density at radius 3 is 1.48 bits per heavy atom. The average Bonchev–Trinajstić information content (AvgIpc) is 3.00. The summed E-state index contributed by atoms with van der Waals surface area (Å²) in [7, 11) is 0. The second-order valence-electron chi connectivity index (χ2n) is 10.6. The van der Waals surface area contributed by atoms with Gasteiger partial charge in [-0.05, 0) is 69.2 Å². The number of rotatable bonds is 16. The molecule has 0 saturated heterocycles. The van der Waals surface area contributed by atoms with E-state index in [0.29, 0.717) is 17.5 Å². The van der Waals surface area contributed by atoms with Crippen molar-refractivity contribution in [2.45, 2.75) is 111 Å². The first-order chi connectivity index (χ1) is 20.0. The Labute approximate surface area is 265 Å². The largest absolute Gasteiger partial charge is 2.00 e. The number of hydrogen-bond donors (Lipinski definition) is 0. The van der Waals surface area contributed by atoms with Gasteiger partial charge in [0.1, 0.15) is 0 Å². The normalized spacial score (nSPS) is 11.4. The van der Waals surface area contributed by atoms with Gasteiger partial charge in [-0.2, -0.15) is 0 Å². The molecule has 0 spiro atoms. The molecule has 0 atom stereocenters. The molecule has 0 heterocycles. The standard InChI is InChI=1S/C24H32N2.C13H20O2.Ni/c1-3-5-7-14-20-24(26-22-17-12-9-13-18-22)23(19-6-4-2)25-21-15-10-8-11-16-21;1-3-5-6-7-11-9-8-10(4-2)12(14)13(11)15;/h8-13,15-18H,3-7,14,19-20H2,1-2H3;8-9,14-15H,3-7H2,1-2H3;/q;;+2/p-2. The van der Waals surface area contributed by atoms with Gasteiger partial charge < -0.3 is 10.2 Å². The molecule has 0 N–H and O–H groups in total. The fourth-order valence-corrected chi connectivity index (χ4v) is 4.59. The zero-order valence-corrected chi connectivity index (χ0v) is 27.1. The van der Waals surface area contributed by atoms with Crippen LogP contribution in [0.2, 0.25) is 0 Å². The first-order valence-electron chi connectivity index (χ1n) is 15.8. The summed E-state index contributed by atoms with van der Waals surface area (Å²) in [5.41, 5.74) is 5.68. The molecule has 5 heteroatoms. The first kappa shape index (κ1) is 37.1. The topological polar surface area (TPSA) is 70.8 Å². The smallest absolute Gasteiger partial charge is 0.873 e. The minimum absolute atomic E-state index is 0. The van der Waals surface area contributed by atoms with Crippen molar-refractivity contribution < 1.29 is 26.7 Å². The van der Waals surface area contributed by atoms with Gasteiger partial charge in [-0.3, -0.25) is 9.98 Å². The third-order valence-electron chi connectivity index (χ3n) is 7.11. The van der Waals surface area contributed by atoms with Crippen molar-refractivity contribution in [2.24, 2.45) is 9.98 Å². The molecule has 0 aliphatic rings. The monoisotopic (exact) mass is 612 g/mol. The number of aryl methyl sites for hydroxylation is 2. The zero-order chi connectivity index (χ0) is 29.7. The number of unbranched alkanes of at least 4 members (excludes halogenated alkanes) is 6. The average molecular weight is 614 g/mol. The molecule has 0 aromatic heterocycles. The van der Waals surface area contributed by atoms with Crippen LogP contribution in [0.3, 0.4) is 0 Å². The maximum atomic E-state index is 11.6. The van der Waals surface area contributed by atoms with E-state index in [2.05, 4.69) is 45.0 Å². The molecule has 0 aliphatic carbocycles. The van der Waals surface area contributed by atoms with Gasteiger partial charge in [-0.25, -0.2) is 0 Å². The Balaban J connectivity index is 0.000000471. The fraction of sp³-hybridized carbons (Fsp3) is 0.459. The van der Waals surface area contributed by atoms with E-state index in [9.17, 15) is 10.2 Å². The number of benzene rings is 3. The van der Waals surface area contributed by atoms with Crippen LogP contribution in [0, 0.1) is 0 Å². The molecule has 3 rings (SSSR count). The summed E-state index contributed by atoms with van der Waals surface area (Å²) in [6.07, 6.45) is 13.9. The van der Waals surface area contributed by atoms with Crippen LogP contribution in [-0.2, 0) is 29.3 Å². The van der Waals surface area contributed by atoms with E-state index in [1.54, 1.807) is 6.07 Å². The zero-order valence-electron chi connectivity index (χ0n) is 26.1. The van der Waals surface area contributed by atoms with Gasteiger partial charge in [-0.1, -0.05) is 126 Å². The molecule has 3 aromatic rings. The number of hydrogen-bond acceptors (Lipinski definition) is 4. The molecular formula is C37H50N2NiO2. The van der Waals surface area contributed by atoms with Crippen LogP contribution in [0.1, 0.15) is 109 Å². The van der Waals surface area contributed by atoms with Crippen molar-refractivity contribution in [1.29, 1.82) is 0 Å². The van der Waals surface area contributed by atoms with Gasteiger partial charge in [0.2, 0.25) is 0 Å². The van der Waals surface area contributed by atoms with E-state index in [1.807, 2.05) is 49.4 Å². The van der Waals surface area contributed by atoms with Crippen molar-refractivity contribution >= 4 is 22.8 Å². The Morgan fingerprint density at radius 2 is 0.976 bits per heavy atom. The summed E-state index contributed by atoms with van der Waals surface area (Å²) in [5.74, 6) is -0.586. The number of para-hydroxylation sites is 2. The summed E-state index contributed by atoms with van der Waals surface area (Å²) in [5, 5.41) is 23.2. The van der Waals surface area contributed by atoms with Gasteiger partial charge in [0.05, 0.1) is 22.8 Å². The van der Waals surface area contributed by atoms with Gasteiger partial charge in [-0.15, -0.1) is 11.5 Å². The van der Waals surface area contributed by atoms with E-state index in [4.69, 9.17) is 9.98 Å². The molecule has 4 nitrogen and oxygen atoms in total. The Kier molecular flexibility index (Phi) is 20.0. The van der Waals surface area contributed by atoms with Gasteiger partial charge in [0.25, 0.3) is 0 Å². The molecule has 0 amide bonds. The molecule has 0 aliphatic heterocycles. The third-order valence-corrected chi connectivity index (χ3v) is 7.11. The van der Waals surface area contributed by atoms with Crippen molar-refractivity contribution in [2.75, 3.05) is 0 Å².